The molecule has 0 amide bonds. The molecule has 0 aliphatic heterocycles. The summed E-state index contributed by atoms with van der Waals surface area (Å²) in [6.07, 6.45) is 2.70. The molecule has 2 rings (SSSR count). The number of aryl methyl sites for hydroxylation is 1. The summed E-state index contributed by atoms with van der Waals surface area (Å²) in [5, 5.41) is 7.61. The van der Waals surface area contributed by atoms with Gasteiger partial charge in [0.2, 0.25) is 0 Å². The summed E-state index contributed by atoms with van der Waals surface area (Å²) >= 11 is 6.94. The van der Waals surface area contributed by atoms with E-state index >= 15 is 0 Å². The molecule has 0 saturated heterocycles. The fourth-order valence-corrected chi connectivity index (χ4v) is 3.30. The lowest BCUT2D eigenvalue weighted by Gasteiger charge is -2.22. The van der Waals surface area contributed by atoms with Crippen LogP contribution in [0.15, 0.2) is 33.3 Å². The van der Waals surface area contributed by atoms with Gasteiger partial charge in [0.25, 0.3) is 0 Å². The average molecular weight is 405 g/mol. The number of nitrogens with zero attached hydrogens (tertiary/aromatic N) is 2. The van der Waals surface area contributed by atoms with Crippen LogP contribution >= 0.6 is 31.9 Å². The number of halogens is 3. The maximum atomic E-state index is 14.3. The van der Waals surface area contributed by atoms with Crippen LogP contribution in [0.3, 0.4) is 0 Å². The maximum absolute atomic E-state index is 14.3. The van der Waals surface area contributed by atoms with Crippen molar-refractivity contribution in [2.75, 3.05) is 6.54 Å². The highest BCUT2D eigenvalue weighted by Gasteiger charge is 2.25. The van der Waals surface area contributed by atoms with Gasteiger partial charge in [-0.3, -0.25) is 4.68 Å². The maximum Gasteiger partial charge on any atom is 0.129 e. The molecule has 1 aromatic carbocycles. The Labute approximate surface area is 134 Å². The number of nitrogens with one attached hydrogen (secondary N) is 1. The smallest absolute Gasteiger partial charge is 0.129 e. The van der Waals surface area contributed by atoms with Crippen LogP contribution < -0.4 is 5.32 Å². The molecule has 1 unspecified atom stereocenters. The third-order valence-electron chi connectivity index (χ3n) is 3.10. The van der Waals surface area contributed by atoms with Crippen LogP contribution in [0.2, 0.25) is 0 Å². The molecule has 20 heavy (non-hydrogen) atoms. The summed E-state index contributed by atoms with van der Waals surface area (Å²) in [6.45, 7) is 2.88. The van der Waals surface area contributed by atoms with Gasteiger partial charge in [0.1, 0.15) is 5.82 Å². The Bertz CT molecular complexity index is 558. The summed E-state index contributed by atoms with van der Waals surface area (Å²) in [5.74, 6) is -0.235. The molecule has 0 aliphatic carbocycles. The molecule has 108 valence electrons. The van der Waals surface area contributed by atoms with Crippen molar-refractivity contribution < 1.29 is 4.39 Å². The number of hydrogen-bond donors (Lipinski definition) is 1. The molecule has 0 saturated carbocycles. The van der Waals surface area contributed by atoms with E-state index in [9.17, 15) is 4.39 Å². The normalized spacial score (nSPS) is 12.7. The number of aromatic nitrogens is 2. The highest BCUT2D eigenvalue weighted by Crippen LogP contribution is 2.34. The third-order valence-corrected chi connectivity index (χ3v) is 4.40. The van der Waals surface area contributed by atoms with Gasteiger partial charge >= 0.3 is 0 Å². The van der Waals surface area contributed by atoms with Crippen molar-refractivity contribution in [2.45, 2.75) is 19.4 Å². The van der Waals surface area contributed by atoms with Gasteiger partial charge < -0.3 is 5.32 Å². The fourth-order valence-electron chi connectivity index (χ4n) is 2.16. The highest BCUT2D eigenvalue weighted by atomic mass is 79.9. The molecule has 0 aliphatic rings. The van der Waals surface area contributed by atoms with Gasteiger partial charge in [-0.25, -0.2) is 4.39 Å². The van der Waals surface area contributed by atoms with Crippen LogP contribution in [0.1, 0.15) is 30.6 Å². The summed E-state index contributed by atoms with van der Waals surface area (Å²) in [4.78, 5) is 0. The zero-order chi connectivity index (χ0) is 14.7. The SMILES string of the molecule is CCCNC(c1c(F)cccc1Br)c1c(Br)cnn1C. The Balaban J connectivity index is 2.53. The van der Waals surface area contributed by atoms with Gasteiger partial charge in [0, 0.05) is 17.1 Å². The van der Waals surface area contributed by atoms with E-state index in [1.54, 1.807) is 16.9 Å². The molecular weight excluding hydrogens is 389 g/mol. The van der Waals surface area contributed by atoms with Gasteiger partial charge in [-0.05, 0) is 41.0 Å². The predicted octanol–water partition coefficient (Wildman–Crippen LogP) is 4.17. The Kier molecular flexibility index (Phi) is 5.35. The van der Waals surface area contributed by atoms with E-state index in [1.165, 1.54) is 6.07 Å². The van der Waals surface area contributed by atoms with E-state index in [1.807, 2.05) is 13.1 Å². The second-order valence-corrected chi connectivity index (χ2v) is 6.23. The number of hydrogen-bond acceptors (Lipinski definition) is 2. The zero-order valence-corrected chi connectivity index (χ0v) is 14.5. The lowest BCUT2D eigenvalue weighted by atomic mass is 10.0. The molecule has 0 fully saturated rings. The summed E-state index contributed by atoms with van der Waals surface area (Å²) < 4.78 is 17.6. The van der Waals surface area contributed by atoms with Crippen molar-refractivity contribution in [1.82, 2.24) is 15.1 Å². The van der Waals surface area contributed by atoms with E-state index in [0.717, 1.165) is 27.6 Å². The van der Waals surface area contributed by atoms with E-state index < -0.39 is 0 Å². The molecule has 0 bridgehead atoms. The second kappa shape index (κ2) is 6.83. The van der Waals surface area contributed by atoms with E-state index in [2.05, 4.69) is 49.2 Å². The predicted molar refractivity (Wildman–Crippen MR) is 85.1 cm³/mol. The summed E-state index contributed by atoms with van der Waals surface area (Å²) in [7, 11) is 1.86. The summed E-state index contributed by atoms with van der Waals surface area (Å²) in [6, 6.07) is 4.76. The Hall–Kier alpha value is -0.720. The molecule has 6 heteroatoms. The lowest BCUT2D eigenvalue weighted by molar-refractivity contribution is 0.517. The zero-order valence-electron chi connectivity index (χ0n) is 11.3. The molecule has 1 heterocycles. The molecule has 1 atom stereocenters. The Morgan fingerprint density at radius 2 is 2.10 bits per heavy atom. The van der Waals surface area contributed by atoms with Crippen molar-refractivity contribution in [3.8, 4) is 0 Å². The monoisotopic (exact) mass is 403 g/mol. The molecule has 0 spiro atoms. The average Bonchev–Trinajstić information content (AvgIpc) is 2.73. The lowest BCUT2D eigenvalue weighted by Crippen LogP contribution is -2.27. The molecule has 0 radical (unpaired) electrons. The van der Waals surface area contributed by atoms with Crippen molar-refractivity contribution in [3.05, 3.63) is 50.4 Å². The minimum absolute atomic E-state index is 0.235. The van der Waals surface area contributed by atoms with E-state index in [4.69, 9.17) is 0 Å². The minimum atomic E-state index is -0.257. The van der Waals surface area contributed by atoms with Gasteiger partial charge in [0.15, 0.2) is 0 Å². The van der Waals surface area contributed by atoms with Gasteiger partial charge in [-0.2, -0.15) is 5.10 Å². The van der Waals surface area contributed by atoms with Crippen molar-refractivity contribution in [1.29, 1.82) is 0 Å². The highest BCUT2D eigenvalue weighted by molar-refractivity contribution is 9.10. The molecule has 1 N–H and O–H groups in total. The van der Waals surface area contributed by atoms with E-state index in [-0.39, 0.29) is 11.9 Å². The Morgan fingerprint density at radius 3 is 2.65 bits per heavy atom. The van der Waals surface area contributed by atoms with Crippen LogP contribution in [0.25, 0.3) is 0 Å². The molecule has 2 aromatic rings. The first kappa shape index (κ1) is 15.7. The van der Waals surface area contributed by atoms with Crippen molar-refractivity contribution in [3.63, 3.8) is 0 Å². The van der Waals surface area contributed by atoms with E-state index in [0.29, 0.717) is 5.56 Å². The van der Waals surface area contributed by atoms with Gasteiger partial charge in [-0.1, -0.05) is 28.9 Å². The summed E-state index contributed by atoms with van der Waals surface area (Å²) in [5.41, 5.74) is 1.51. The number of rotatable bonds is 5. The largest absolute Gasteiger partial charge is 0.305 e. The van der Waals surface area contributed by atoms with Crippen LogP contribution in [0, 0.1) is 5.82 Å². The fraction of sp³-hybridized carbons (Fsp3) is 0.357. The first-order valence-corrected chi connectivity index (χ1v) is 7.99. The molecule has 1 aromatic heterocycles. The van der Waals surface area contributed by atoms with Crippen molar-refractivity contribution >= 4 is 31.9 Å². The molecular formula is C14H16Br2FN3. The first-order chi connectivity index (χ1) is 9.56. The first-order valence-electron chi connectivity index (χ1n) is 6.41. The Morgan fingerprint density at radius 1 is 1.35 bits per heavy atom. The topological polar surface area (TPSA) is 29.9 Å². The minimum Gasteiger partial charge on any atom is -0.305 e. The van der Waals surface area contributed by atoms with Crippen molar-refractivity contribution in [2.24, 2.45) is 7.05 Å². The second-order valence-electron chi connectivity index (χ2n) is 4.52. The van der Waals surface area contributed by atoms with Crippen LogP contribution in [-0.2, 0) is 7.05 Å². The number of benzene rings is 1. The van der Waals surface area contributed by atoms with Crippen LogP contribution in [0.4, 0.5) is 4.39 Å². The van der Waals surface area contributed by atoms with Crippen LogP contribution in [0.5, 0.6) is 0 Å². The van der Waals surface area contributed by atoms with Gasteiger partial charge in [-0.15, -0.1) is 0 Å². The van der Waals surface area contributed by atoms with Gasteiger partial charge in [0.05, 0.1) is 22.4 Å². The van der Waals surface area contributed by atoms with Crippen LogP contribution in [-0.4, -0.2) is 16.3 Å². The third kappa shape index (κ3) is 3.13. The molecule has 3 nitrogen and oxygen atoms in total. The quantitative estimate of drug-likeness (QED) is 0.810. The standard InChI is InChI=1S/C14H16Br2FN3/c1-3-7-18-13(14-10(16)8-19-20(14)2)12-9(15)5-4-6-11(12)17/h4-6,8,13,18H,3,7H2,1-2H3.